The fourth-order valence-corrected chi connectivity index (χ4v) is 3.50. The zero-order valence-corrected chi connectivity index (χ0v) is 15.3. The van der Waals surface area contributed by atoms with E-state index in [0.29, 0.717) is 0 Å². The SMILES string of the molecule is c1ccc(-c2cc(CN3CCc4nc(-c5ccncc5)ncc4C3)no2)cc1. The van der Waals surface area contributed by atoms with E-state index in [-0.39, 0.29) is 0 Å². The van der Waals surface area contributed by atoms with E-state index in [0.717, 1.165) is 60.2 Å². The predicted octanol–water partition coefficient (Wildman–Crippen LogP) is 3.75. The molecular formula is C22H19N5O. The molecule has 1 aromatic carbocycles. The number of aromatic nitrogens is 4. The minimum Gasteiger partial charge on any atom is -0.356 e. The Labute approximate surface area is 162 Å². The fourth-order valence-electron chi connectivity index (χ4n) is 3.50. The summed E-state index contributed by atoms with van der Waals surface area (Å²) in [4.78, 5) is 15.7. The van der Waals surface area contributed by atoms with Gasteiger partial charge < -0.3 is 4.52 Å². The van der Waals surface area contributed by atoms with Crippen LogP contribution < -0.4 is 0 Å². The number of rotatable bonds is 4. The van der Waals surface area contributed by atoms with Gasteiger partial charge in [0.2, 0.25) is 0 Å². The lowest BCUT2D eigenvalue weighted by Crippen LogP contribution is -2.31. The highest BCUT2D eigenvalue weighted by Gasteiger charge is 2.20. The predicted molar refractivity (Wildman–Crippen MR) is 105 cm³/mol. The molecule has 0 saturated heterocycles. The van der Waals surface area contributed by atoms with Crippen molar-refractivity contribution in [1.82, 2.24) is 25.0 Å². The van der Waals surface area contributed by atoms with Gasteiger partial charge in [-0.05, 0) is 12.1 Å². The summed E-state index contributed by atoms with van der Waals surface area (Å²) in [5, 5.41) is 4.24. The molecule has 0 N–H and O–H groups in total. The Morgan fingerprint density at radius 2 is 1.86 bits per heavy atom. The van der Waals surface area contributed by atoms with E-state index in [1.54, 1.807) is 12.4 Å². The molecule has 0 bridgehead atoms. The van der Waals surface area contributed by atoms with Crippen LogP contribution in [0.15, 0.2) is 71.6 Å². The number of fused-ring (bicyclic) bond motifs is 1. The Balaban J connectivity index is 1.30. The van der Waals surface area contributed by atoms with E-state index in [9.17, 15) is 0 Å². The van der Waals surface area contributed by atoms with Crippen molar-refractivity contribution in [2.45, 2.75) is 19.5 Å². The van der Waals surface area contributed by atoms with Gasteiger partial charge >= 0.3 is 0 Å². The maximum atomic E-state index is 5.52. The Hall–Kier alpha value is -3.38. The van der Waals surface area contributed by atoms with Gasteiger partial charge in [-0.1, -0.05) is 35.5 Å². The maximum Gasteiger partial charge on any atom is 0.167 e. The Bertz CT molecular complexity index is 1080. The molecule has 5 rings (SSSR count). The number of nitrogens with zero attached hydrogens (tertiary/aromatic N) is 5. The third-order valence-electron chi connectivity index (χ3n) is 4.95. The molecule has 3 aromatic heterocycles. The van der Waals surface area contributed by atoms with Crippen LogP contribution in [-0.2, 0) is 19.5 Å². The molecule has 0 aliphatic carbocycles. The van der Waals surface area contributed by atoms with Crippen molar-refractivity contribution >= 4 is 0 Å². The van der Waals surface area contributed by atoms with Crippen LogP contribution >= 0.6 is 0 Å². The summed E-state index contributed by atoms with van der Waals surface area (Å²) in [5.41, 5.74) is 5.29. The normalized spacial score (nSPS) is 14.0. The van der Waals surface area contributed by atoms with Gasteiger partial charge in [0, 0.05) is 67.4 Å². The first-order valence-corrected chi connectivity index (χ1v) is 9.34. The fraction of sp³-hybridized carbons (Fsp3) is 0.182. The Morgan fingerprint density at radius 3 is 2.71 bits per heavy atom. The second-order valence-electron chi connectivity index (χ2n) is 6.91. The van der Waals surface area contributed by atoms with Crippen molar-refractivity contribution in [2.24, 2.45) is 0 Å². The van der Waals surface area contributed by atoms with Gasteiger partial charge in [0.1, 0.15) is 0 Å². The first-order chi connectivity index (χ1) is 13.8. The minimum atomic E-state index is 0.752. The minimum absolute atomic E-state index is 0.752. The smallest absolute Gasteiger partial charge is 0.167 e. The van der Waals surface area contributed by atoms with Gasteiger partial charge in [-0.2, -0.15) is 0 Å². The molecule has 0 amide bonds. The van der Waals surface area contributed by atoms with E-state index in [4.69, 9.17) is 9.51 Å². The average Bonchev–Trinajstić information content (AvgIpc) is 3.23. The topological polar surface area (TPSA) is 67.9 Å². The first kappa shape index (κ1) is 16.8. The number of pyridine rings is 1. The molecule has 1 aliphatic rings. The van der Waals surface area contributed by atoms with E-state index in [1.807, 2.05) is 54.7 Å². The highest BCUT2D eigenvalue weighted by molar-refractivity contribution is 5.57. The molecule has 138 valence electrons. The first-order valence-electron chi connectivity index (χ1n) is 9.34. The van der Waals surface area contributed by atoms with E-state index in [2.05, 4.69) is 20.0 Å². The molecule has 1 aliphatic heterocycles. The zero-order chi connectivity index (χ0) is 18.8. The third-order valence-corrected chi connectivity index (χ3v) is 4.95. The lowest BCUT2D eigenvalue weighted by Gasteiger charge is -2.27. The van der Waals surface area contributed by atoms with Crippen molar-refractivity contribution in [1.29, 1.82) is 0 Å². The van der Waals surface area contributed by atoms with Crippen LogP contribution in [-0.4, -0.2) is 31.6 Å². The van der Waals surface area contributed by atoms with Crippen molar-refractivity contribution in [3.63, 3.8) is 0 Å². The molecule has 0 radical (unpaired) electrons. The summed E-state index contributed by atoms with van der Waals surface area (Å²) in [6, 6.07) is 15.9. The van der Waals surface area contributed by atoms with Crippen LogP contribution in [0.3, 0.4) is 0 Å². The van der Waals surface area contributed by atoms with Gasteiger partial charge in [0.05, 0.1) is 11.4 Å². The quantitative estimate of drug-likeness (QED) is 0.546. The highest BCUT2D eigenvalue weighted by Crippen LogP contribution is 2.24. The number of hydrogen-bond donors (Lipinski definition) is 0. The highest BCUT2D eigenvalue weighted by atomic mass is 16.5. The lowest BCUT2D eigenvalue weighted by atomic mass is 10.1. The number of hydrogen-bond acceptors (Lipinski definition) is 6. The van der Waals surface area contributed by atoms with Crippen molar-refractivity contribution < 1.29 is 4.52 Å². The van der Waals surface area contributed by atoms with Crippen molar-refractivity contribution in [3.8, 4) is 22.7 Å². The molecule has 0 saturated carbocycles. The summed E-state index contributed by atoms with van der Waals surface area (Å²) in [5.74, 6) is 1.57. The third kappa shape index (κ3) is 3.42. The second-order valence-corrected chi connectivity index (χ2v) is 6.91. The molecule has 4 heterocycles. The van der Waals surface area contributed by atoms with Gasteiger partial charge in [-0.25, -0.2) is 9.97 Å². The van der Waals surface area contributed by atoms with Crippen LogP contribution in [0.5, 0.6) is 0 Å². The standard InChI is InChI=1S/C22H19N5O/c1-2-4-16(5-3-1)21-12-19(26-28-21)15-27-11-8-20-18(14-27)13-24-22(25-20)17-6-9-23-10-7-17/h1-7,9-10,12-13H,8,11,14-15H2. The lowest BCUT2D eigenvalue weighted by molar-refractivity contribution is 0.235. The molecule has 0 spiro atoms. The zero-order valence-electron chi connectivity index (χ0n) is 15.3. The van der Waals surface area contributed by atoms with E-state index < -0.39 is 0 Å². The van der Waals surface area contributed by atoms with Crippen molar-refractivity contribution in [2.75, 3.05) is 6.54 Å². The summed E-state index contributed by atoms with van der Waals surface area (Å²) >= 11 is 0. The monoisotopic (exact) mass is 369 g/mol. The van der Waals surface area contributed by atoms with Crippen LogP contribution in [0.4, 0.5) is 0 Å². The molecule has 6 heteroatoms. The molecule has 6 nitrogen and oxygen atoms in total. The summed E-state index contributed by atoms with van der Waals surface area (Å²) < 4.78 is 5.52. The van der Waals surface area contributed by atoms with Crippen LogP contribution in [0, 0.1) is 0 Å². The summed E-state index contributed by atoms with van der Waals surface area (Å²) in [6.45, 7) is 2.51. The second kappa shape index (κ2) is 7.32. The van der Waals surface area contributed by atoms with Gasteiger partial charge in [-0.3, -0.25) is 9.88 Å². The largest absolute Gasteiger partial charge is 0.356 e. The Kier molecular flexibility index (Phi) is 4.39. The summed E-state index contributed by atoms with van der Waals surface area (Å²) in [7, 11) is 0. The molecule has 0 atom stereocenters. The molecule has 0 fully saturated rings. The van der Waals surface area contributed by atoms with Gasteiger partial charge in [0.15, 0.2) is 11.6 Å². The molecular weight excluding hydrogens is 350 g/mol. The molecule has 28 heavy (non-hydrogen) atoms. The average molecular weight is 369 g/mol. The van der Waals surface area contributed by atoms with Gasteiger partial charge in [-0.15, -0.1) is 0 Å². The van der Waals surface area contributed by atoms with Crippen LogP contribution in [0.1, 0.15) is 17.0 Å². The maximum absolute atomic E-state index is 5.52. The van der Waals surface area contributed by atoms with Crippen LogP contribution in [0.25, 0.3) is 22.7 Å². The number of benzene rings is 1. The molecule has 4 aromatic rings. The van der Waals surface area contributed by atoms with Gasteiger partial charge in [0.25, 0.3) is 0 Å². The van der Waals surface area contributed by atoms with E-state index >= 15 is 0 Å². The Morgan fingerprint density at radius 1 is 1.00 bits per heavy atom. The van der Waals surface area contributed by atoms with Crippen molar-refractivity contribution in [3.05, 3.63) is 84.1 Å². The summed E-state index contributed by atoms with van der Waals surface area (Å²) in [6.07, 6.45) is 6.38. The van der Waals surface area contributed by atoms with Crippen LogP contribution in [0.2, 0.25) is 0 Å². The molecule has 0 unspecified atom stereocenters. The van der Waals surface area contributed by atoms with E-state index in [1.165, 1.54) is 5.56 Å².